The maximum Gasteiger partial charge on any atom is 0.359 e. The zero-order chi connectivity index (χ0) is 27.7. The summed E-state index contributed by atoms with van der Waals surface area (Å²) in [5.74, 6) is -3.73. The predicted octanol–water partition coefficient (Wildman–Crippen LogP) is 3.43. The first-order chi connectivity index (χ1) is 18.3. The van der Waals surface area contributed by atoms with Gasteiger partial charge in [-0.25, -0.2) is 13.6 Å². The van der Waals surface area contributed by atoms with Crippen LogP contribution in [0.4, 0.5) is 8.78 Å². The van der Waals surface area contributed by atoms with Crippen LogP contribution in [0.25, 0.3) is 0 Å². The Hall–Kier alpha value is -4.09. The number of nitrogens with one attached hydrogen (secondary N) is 1. The van der Waals surface area contributed by atoms with Crippen LogP contribution in [0.1, 0.15) is 38.9 Å². The second-order valence-corrected chi connectivity index (χ2v) is 8.02. The summed E-state index contributed by atoms with van der Waals surface area (Å²) in [5, 5.41) is 2.45. The number of amides is 1. The Labute approximate surface area is 217 Å². The number of halogens is 2. The van der Waals surface area contributed by atoms with Crippen molar-refractivity contribution in [3.8, 4) is 5.75 Å². The first-order valence-electron chi connectivity index (χ1n) is 11.7. The number of carbonyl (C=O) groups is 2. The van der Waals surface area contributed by atoms with E-state index in [1.165, 1.54) is 24.9 Å². The van der Waals surface area contributed by atoms with Crippen molar-refractivity contribution in [3.05, 3.63) is 99.0 Å². The molecule has 1 heterocycles. The number of pyridine rings is 1. The van der Waals surface area contributed by atoms with Crippen LogP contribution in [-0.2, 0) is 33.9 Å². The van der Waals surface area contributed by atoms with Crippen molar-refractivity contribution < 1.29 is 37.3 Å². The van der Waals surface area contributed by atoms with Crippen LogP contribution >= 0.6 is 0 Å². The van der Waals surface area contributed by atoms with Crippen LogP contribution in [0.15, 0.2) is 59.5 Å². The Bertz CT molecular complexity index is 1320. The Kier molecular flexibility index (Phi) is 10.1. The van der Waals surface area contributed by atoms with E-state index in [0.29, 0.717) is 11.6 Å². The predicted molar refractivity (Wildman–Crippen MR) is 133 cm³/mol. The lowest BCUT2D eigenvalue weighted by molar-refractivity contribution is -0.111. The lowest BCUT2D eigenvalue weighted by Gasteiger charge is -2.21. The SMILES string of the molecule is CCOC(=O)c1c(OCc2ccccc2)c(=O)c(C(=O)NCc2ccc(F)cc2F)cn1CC(OC)OC. The van der Waals surface area contributed by atoms with Crippen LogP contribution in [-0.4, -0.2) is 43.6 Å². The van der Waals surface area contributed by atoms with Crippen LogP contribution in [0.3, 0.4) is 0 Å². The minimum absolute atomic E-state index is 0.0163. The monoisotopic (exact) mass is 530 g/mol. The molecule has 2 aromatic carbocycles. The molecule has 38 heavy (non-hydrogen) atoms. The number of hydrogen-bond acceptors (Lipinski definition) is 7. The van der Waals surface area contributed by atoms with Crippen molar-refractivity contribution in [1.29, 1.82) is 0 Å². The van der Waals surface area contributed by atoms with E-state index < -0.39 is 41.0 Å². The molecule has 202 valence electrons. The van der Waals surface area contributed by atoms with Crippen molar-refractivity contribution in [2.45, 2.75) is 32.9 Å². The Morgan fingerprint density at radius 2 is 1.76 bits per heavy atom. The van der Waals surface area contributed by atoms with E-state index in [9.17, 15) is 23.2 Å². The molecule has 0 atom stereocenters. The summed E-state index contributed by atoms with van der Waals surface area (Å²) in [6, 6.07) is 11.8. The van der Waals surface area contributed by atoms with E-state index in [0.717, 1.165) is 12.3 Å². The molecule has 9 nitrogen and oxygen atoms in total. The average molecular weight is 531 g/mol. The van der Waals surface area contributed by atoms with E-state index in [4.69, 9.17) is 18.9 Å². The van der Waals surface area contributed by atoms with E-state index in [1.807, 2.05) is 6.07 Å². The summed E-state index contributed by atoms with van der Waals surface area (Å²) >= 11 is 0. The molecule has 0 spiro atoms. The highest BCUT2D eigenvalue weighted by Gasteiger charge is 2.28. The molecule has 0 aliphatic rings. The second-order valence-electron chi connectivity index (χ2n) is 8.02. The third-order valence-electron chi connectivity index (χ3n) is 5.50. The van der Waals surface area contributed by atoms with Gasteiger partial charge >= 0.3 is 5.97 Å². The topological polar surface area (TPSA) is 105 Å². The molecule has 1 N–H and O–H groups in total. The second kappa shape index (κ2) is 13.5. The molecular weight excluding hydrogens is 502 g/mol. The number of esters is 1. The number of benzene rings is 2. The molecule has 0 saturated carbocycles. The number of carbonyl (C=O) groups excluding carboxylic acids is 2. The zero-order valence-electron chi connectivity index (χ0n) is 21.2. The first kappa shape index (κ1) is 28.5. The van der Waals surface area contributed by atoms with Gasteiger partial charge in [0.2, 0.25) is 5.43 Å². The molecule has 0 radical (unpaired) electrons. The van der Waals surface area contributed by atoms with Gasteiger partial charge in [0.05, 0.1) is 13.2 Å². The molecule has 11 heteroatoms. The van der Waals surface area contributed by atoms with E-state index in [2.05, 4.69) is 5.32 Å². The normalized spacial score (nSPS) is 10.9. The third kappa shape index (κ3) is 7.02. The van der Waals surface area contributed by atoms with Crippen molar-refractivity contribution in [3.63, 3.8) is 0 Å². The zero-order valence-corrected chi connectivity index (χ0v) is 21.2. The van der Waals surface area contributed by atoms with Crippen molar-refractivity contribution in [2.24, 2.45) is 0 Å². The minimum atomic E-state index is -0.872. The van der Waals surface area contributed by atoms with Gasteiger partial charge in [-0.15, -0.1) is 0 Å². The fourth-order valence-electron chi connectivity index (χ4n) is 3.56. The van der Waals surface area contributed by atoms with E-state index >= 15 is 0 Å². The van der Waals surface area contributed by atoms with Crippen molar-refractivity contribution in [1.82, 2.24) is 9.88 Å². The van der Waals surface area contributed by atoms with Gasteiger partial charge in [-0.2, -0.15) is 0 Å². The third-order valence-corrected chi connectivity index (χ3v) is 5.50. The highest BCUT2D eigenvalue weighted by molar-refractivity contribution is 5.96. The quantitative estimate of drug-likeness (QED) is 0.283. The van der Waals surface area contributed by atoms with Crippen molar-refractivity contribution in [2.75, 3.05) is 20.8 Å². The van der Waals surface area contributed by atoms with Crippen LogP contribution < -0.4 is 15.5 Å². The summed E-state index contributed by atoms with van der Waals surface area (Å²) in [6.07, 6.45) is 0.308. The summed E-state index contributed by atoms with van der Waals surface area (Å²) in [7, 11) is 2.77. The molecule has 0 saturated heterocycles. The largest absolute Gasteiger partial charge is 0.482 e. The lowest BCUT2D eigenvalue weighted by atomic mass is 10.1. The fraction of sp³-hybridized carbons (Fsp3) is 0.296. The smallest absolute Gasteiger partial charge is 0.359 e. The molecule has 1 amide bonds. The summed E-state index contributed by atoms with van der Waals surface area (Å²) in [5.41, 5.74) is -0.754. The maximum absolute atomic E-state index is 14.1. The standard InChI is InChI=1S/C27H28F2N2O7/c1-4-37-27(34)23-25(38-16-17-8-6-5-7-9-17)24(32)20(14-31(23)15-22(35-2)36-3)26(33)30-13-18-10-11-19(28)12-21(18)29/h5-12,14,22H,4,13,15-16H2,1-3H3,(H,30,33). The van der Waals surface area contributed by atoms with E-state index in [-0.39, 0.29) is 43.1 Å². The number of ether oxygens (including phenoxy) is 4. The van der Waals surface area contributed by atoms with Gasteiger partial charge in [-0.05, 0) is 18.6 Å². The molecular formula is C27H28F2N2O7. The van der Waals surface area contributed by atoms with Gasteiger partial charge in [-0.1, -0.05) is 36.4 Å². The lowest BCUT2D eigenvalue weighted by Crippen LogP contribution is -2.34. The van der Waals surface area contributed by atoms with Crippen LogP contribution in [0.2, 0.25) is 0 Å². The molecule has 0 bridgehead atoms. The Morgan fingerprint density at radius 1 is 1.05 bits per heavy atom. The molecule has 0 aliphatic heterocycles. The van der Waals surface area contributed by atoms with Gasteiger partial charge < -0.3 is 28.8 Å². The Morgan fingerprint density at radius 3 is 2.39 bits per heavy atom. The van der Waals surface area contributed by atoms with Gasteiger partial charge in [0.25, 0.3) is 5.91 Å². The van der Waals surface area contributed by atoms with E-state index in [1.54, 1.807) is 31.2 Å². The Balaban J connectivity index is 2.06. The summed E-state index contributed by atoms with van der Waals surface area (Å²) in [4.78, 5) is 39.5. The number of nitrogens with zero attached hydrogens (tertiary/aromatic N) is 1. The summed E-state index contributed by atoms with van der Waals surface area (Å²) < 4.78 is 50.0. The number of hydrogen-bond donors (Lipinski definition) is 1. The van der Waals surface area contributed by atoms with Gasteiger partial charge in [0.15, 0.2) is 17.7 Å². The fourth-order valence-corrected chi connectivity index (χ4v) is 3.56. The van der Waals surface area contributed by atoms with Crippen LogP contribution in [0.5, 0.6) is 5.75 Å². The highest BCUT2D eigenvalue weighted by Crippen LogP contribution is 2.20. The number of aromatic nitrogens is 1. The van der Waals surface area contributed by atoms with Crippen LogP contribution in [0, 0.1) is 11.6 Å². The maximum atomic E-state index is 14.1. The molecule has 1 aromatic heterocycles. The van der Waals surface area contributed by atoms with Gasteiger partial charge in [0, 0.05) is 38.6 Å². The minimum Gasteiger partial charge on any atom is -0.482 e. The average Bonchev–Trinajstić information content (AvgIpc) is 2.91. The summed E-state index contributed by atoms with van der Waals surface area (Å²) in [6.45, 7) is 1.13. The first-order valence-corrected chi connectivity index (χ1v) is 11.7. The highest BCUT2D eigenvalue weighted by atomic mass is 19.1. The van der Waals surface area contributed by atoms with Gasteiger partial charge in [0.1, 0.15) is 23.8 Å². The number of methoxy groups -OCH3 is 2. The molecule has 0 unspecified atom stereocenters. The van der Waals surface area contributed by atoms with Gasteiger partial charge in [-0.3, -0.25) is 9.59 Å². The number of rotatable bonds is 12. The molecule has 3 aromatic rings. The molecule has 0 aliphatic carbocycles. The van der Waals surface area contributed by atoms with Crippen molar-refractivity contribution >= 4 is 11.9 Å². The molecule has 0 fully saturated rings. The molecule has 3 rings (SSSR count).